The summed E-state index contributed by atoms with van der Waals surface area (Å²) in [6.45, 7) is 4.14. The Kier molecular flexibility index (Phi) is 4.73. The molecule has 5 heteroatoms. The fourth-order valence-electron chi connectivity index (χ4n) is 2.74. The number of rotatable bonds is 5. The average Bonchev–Trinajstić information content (AvgIpc) is 2.49. The fraction of sp³-hybridized carbons (Fsp3) is 0.562. The van der Waals surface area contributed by atoms with Gasteiger partial charge in [-0.15, -0.1) is 0 Å². The van der Waals surface area contributed by atoms with Crippen LogP contribution >= 0.6 is 0 Å². The Labute approximate surface area is 125 Å². The minimum absolute atomic E-state index is 0.588. The van der Waals surface area contributed by atoms with Crippen LogP contribution in [0.4, 0.5) is 0 Å². The maximum absolute atomic E-state index is 11.3. The summed E-state index contributed by atoms with van der Waals surface area (Å²) in [5, 5.41) is 9.27. The minimum Gasteiger partial charge on any atom is -0.493 e. The molecule has 1 saturated heterocycles. The Bertz CT molecular complexity index is 507. The average molecular weight is 293 g/mol. The molecule has 1 fully saturated rings. The molecular formula is C16H23NO4. The van der Waals surface area contributed by atoms with E-state index in [0.717, 1.165) is 36.7 Å². The highest BCUT2D eigenvalue weighted by Gasteiger charge is 2.36. The van der Waals surface area contributed by atoms with Crippen molar-refractivity contribution in [2.45, 2.75) is 26.3 Å². The molecule has 0 atom stereocenters. The molecule has 0 bridgehead atoms. The van der Waals surface area contributed by atoms with E-state index in [1.807, 2.05) is 25.1 Å². The van der Waals surface area contributed by atoms with Gasteiger partial charge in [-0.3, -0.25) is 9.69 Å². The van der Waals surface area contributed by atoms with E-state index in [9.17, 15) is 9.90 Å². The van der Waals surface area contributed by atoms with Crippen LogP contribution in [0.3, 0.4) is 0 Å². The lowest BCUT2D eigenvalue weighted by Crippen LogP contribution is -2.42. The van der Waals surface area contributed by atoms with Gasteiger partial charge < -0.3 is 14.6 Å². The van der Waals surface area contributed by atoms with Crippen molar-refractivity contribution in [3.05, 3.63) is 23.8 Å². The van der Waals surface area contributed by atoms with Crippen LogP contribution in [0, 0.1) is 5.41 Å². The van der Waals surface area contributed by atoms with Crippen molar-refractivity contribution in [2.75, 3.05) is 27.3 Å². The predicted molar refractivity (Wildman–Crippen MR) is 79.8 cm³/mol. The van der Waals surface area contributed by atoms with Crippen molar-refractivity contribution in [3.63, 3.8) is 0 Å². The second-order valence-corrected chi connectivity index (χ2v) is 5.79. The summed E-state index contributed by atoms with van der Waals surface area (Å²) in [6, 6.07) is 5.84. The number of carbonyl (C=O) groups is 1. The van der Waals surface area contributed by atoms with Gasteiger partial charge in [0.05, 0.1) is 19.6 Å². The van der Waals surface area contributed by atoms with Gasteiger partial charge in [-0.25, -0.2) is 0 Å². The monoisotopic (exact) mass is 293 g/mol. The van der Waals surface area contributed by atoms with E-state index < -0.39 is 11.4 Å². The number of carboxylic acid groups (broad SMARTS) is 1. The van der Waals surface area contributed by atoms with E-state index in [2.05, 4.69) is 4.90 Å². The molecule has 0 aromatic heterocycles. The molecule has 0 saturated carbocycles. The van der Waals surface area contributed by atoms with Gasteiger partial charge >= 0.3 is 5.97 Å². The van der Waals surface area contributed by atoms with Crippen molar-refractivity contribution in [2.24, 2.45) is 5.41 Å². The molecule has 1 aromatic carbocycles. The number of para-hydroxylation sites is 1. The number of carboxylic acids is 1. The maximum Gasteiger partial charge on any atom is 0.309 e. The number of aliphatic carboxylic acids is 1. The van der Waals surface area contributed by atoms with Crippen LogP contribution in [0.25, 0.3) is 0 Å². The van der Waals surface area contributed by atoms with Crippen LogP contribution in [-0.2, 0) is 11.3 Å². The first-order chi connectivity index (χ1) is 10.00. The molecule has 0 unspecified atom stereocenters. The summed E-state index contributed by atoms with van der Waals surface area (Å²) in [7, 11) is 3.26. The molecule has 0 amide bonds. The molecule has 0 aliphatic carbocycles. The lowest BCUT2D eigenvalue weighted by atomic mass is 9.80. The largest absolute Gasteiger partial charge is 0.493 e. The zero-order valence-corrected chi connectivity index (χ0v) is 12.9. The number of ether oxygens (including phenoxy) is 2. The molecule has 1 aliphatic rings. The first kappa shape index (κ1) is 15.6. The third-order valence-corrected chi connectivity index (χ3v) is 4.35. The van der Waals surface area contributed by atoms with Crippen LogP contribution in [-0.4, -0.2) is 43.3 Å². The molecule has 1 aliphatic heterocycles. The lowest BCUT2D eigenvalue weighted by molar-refractivity contribution is -0.150. The van der Waals surface area contributed by atoms with E-state index in [0.29, 0.717) is 12.8 Å². The van der Waals surface area contributed by atoms with Crippen molar-refractivity contribution in [3.8, 4) is 11.5 Å². The quantitative estimate of drug-likeness (QED) is 0.903. The Morgan fingerprint density at radius 2 is 1.95 bits per heavy atom. The summed E-state index contributed by atoms with van der Waals surface area (Å²) >= 11 is 0. The summed E-state index contributed by atoms with van der Waals surface area (Å²) in [5.41, 5.74) is 0.477. The smallest absolute Gasteiger partial charge is 0.309 e. The summed E-state index contributed by atoms with van der Waals surface area (Å²) in [4.78, 5) is 13.5. The third-order valence-electron chi connectivity index (χ3n) is 4.35. The topological polar surface area (TPSA) is 59.0 Å². The van der Waals surface area contributed by atoms with E-state index >= 15 is 0 Å². The summed E-state index contributed by atoms with van der Waals surface area (Å²) in [5.74, 6) is 0.787. The molecule has 21 heavy (non-hydrogen) atoms. The zero-order chi connectivity index (χ0) is 15.5. The van der Waals surface area contributed by atoms with Gasteiger partial charge in [0.15, 0.2) is 11.5 Å². The summed E-state index contributed by atoms with van der Waals surface area (Å²) < 4.78 is 10.8. The van der Waals surface area contributed by atoms with Crippen LogP contribution in [0.2, 0.25) is 0 Å². The van der Waals surface area contributed by atoms with Gasteiger partial charge in [0.1, 0.15) is 0 Å². The van der Waals surface area contributed by atoms with Crippen LogP contribution in [0.15, 0.2) is 18.2 Å². The highest BCUT2D eigenvalue weighted by atomic mass is 16.5. The van der Waals surface area contributed by atoms with Gasteiger partial charge in [0, 0.05) is 12.1 Å². The highest BCUT2D eigenvalue weighted by Crippen LogP contribution is 2.35. The number of likely N-dealkylation sites (tertiary alicyclic amines) is 1. The minimum atomic E-state index is -0.693. The van der Waals surface area contributed by atoms with Gasteiger partial charge in [0.2, 0.25) is 0 Å². The molecule has 116 valence electrons. The first-order valence-corrected chi connectivity index (χ1v) is 7.16. The van der Waals surface area contributed by atoms with Gasteiger partial charge in [-0.1, -0.05) is 12.1 Å². The molecule has 2 rings (SSSR count). The number of methoxy groups -OCH3 is 2. The summed E-state index contributed by atoms with van der Waals surface area (Å²) in [6.07, 6.45) is 1.35. The van der Waals surface area contributed by atoms with Crippen molar-refractivity contribution in [1.82, 2.24) is 4.90 Å². The Morgan fingerprint density at radius 3 is 2.48 bits per heavy atom. The normalized spacial score (nSPS) is 18.2. The van der Waals surface area contributed by atoms with Crippen molar-refractivity contribution < 1.29 is 19.4 Å². The molecule has 5 nitrogen and oxygen atoms in total. The molecule has 0 radical (unpaired) electrons. The van der Waals surface area contributed by atoms with Gasteiger partial charge in [-0.2, -0.15) is 0 Å². The number of piperidine rings is 1. The second-order valence-electron chi connectivity index (χ2n) is 5.79. The van der Waals surface area contributed by atoms with E-state index in [1.54, 1.807) is 14.2 Å². The number of hydrogen-bond acceptors (Lipinski definition) is 4. The standard InChI is InChI=1S/C16H23NO4/c1-16(15(18)19)7-9-17(10-8-16)11-12-5-4-6-13(20-2)14(12)21-3/h4-6H,7-11H2,1-3H3,(H,18,19). The van der Waals surface area contributed by atoms with Crippen molar-refractivity contribution in [1.29, 1.82) is 0 Å². The zero-order valence-electron chi connectivity index (χ0n) is 12.9. The van der Waals surface area contributed by atoms with Gasteiger partial charge in [0.25, 0.3) is 0 Å². The second kappa shape index (κ2) is 6.35. The molecule has 1 aromatic rings. The Hall–Kier alpha value is -1.75. The Balaban J connectivity index is 2.06. The molecule has 1 heterocycles. The fourth-order valence-corrected chi connectivity index (χ4v) is 2.74. The molecular weight excluding hydrogens is 270 g/mol. The first-order valence-electron chi connectivity index (χ1n) is 7.16. The number of benzene rings is 1. The van der Waals surface area contributed by atoms with Crippen LogP contribution < -0.4 is 9.47 Å². The lowest BCUT2D eigenvalue weighted by Gasteiger charge is -2.36. The molecule has 0 spiro atoms. The SMILES string of the molecule is COc1cccc(CN2CCC(C)(C(=O)O)CC2)c1OC. The maximum atomic E-state index is 11.3. The number of nitrogens with zero attached hydrogens (tertiary/aromatic N) is 1. The van der Waals surface area contributed by atoms with Crippen LogP contribution in [0.1, 0.15) is 25.3 Å². The Morgan fingerprint density at radius 1 is 1.29 bits per heavy atom. The highest BCUT2D eigenvalue weighted by molar-refractivity contribution is 5.74. The van der Waals surface area contributed by atoms with Gasteiger partial charge in [-0.05, 0) is 38.9 Å². The number of hydrogen-bond donors (Lipinski definition) is 1. The van der Waals surface area contributed by atoms with E-state index in [1.165, 1.54) is 0 Å². The van der Waals surface area contributed by atoms with E-state index in [4.69, 9.17) is 9.47 Å². The van der Waals surface area contributed by atoms with E-state index in [-0.39, 0.29) is 0 Å². The molecule has 1 N–H and O–H groups in total. The predicted octanol–water partition coefficient (Wildman–Crippen LogP) is 2.39. The third kappa shape index (κ3) is 3.29. The van der Waals surface area contributed by atoms with Crippen LogP contribution in [0.5, 0.6) is 11.5 Å². The van der Waals surface area contributed by atoms with Crippen molar-refractivity contribution >= 4 is 5.97 Å².